The second kappa shape index (κ2) is 7.09. The van der Waals surface area contributed by atoms with Crippen molar-refractivity contribution in [3.05, 3.63) is 57.6 Å². The molecule has 1 heterocycles. The summed E-state index contributed by atoms with van der Waals surface area (Å²) in [5.41, 5.74) is 3.35. The lowest BCUT2D eigenvalue weighted by molar-refractivity contribution is -0.117. The largest absolute Gasteiger partial charge is 0.344 e. The van der Waals surface area contributed by atoms with E-state index in [1.807, 2.05) is 37.4 Å². The lowest BCUT2D eigenvalue weighted by Crippen LogP contribution is -2.24. The van der Waals surface area contributed by atoms with Gasteiger partial charge in [-0.05, 0) is 36.5 Å². The van der Waals surface area contributed by atoms with Crippen molar-refractivity contribution in [2.75, 3.05) is 0 Å². The number of amides is 1. The first kappa shape index (κ1) is 17.4. The van der Waals surface area contributed by atoms with Gasteiger partial charge in [0.15, 0.2) is 0 Å². The van der Waals surface area contributed by atoms with Crippen molar-refractivity contribution in [3.63, 3.8) is 0 Å². The molecular formula is C19H24N2OS. The fourth-order valence-electron chi connectivity index (χ4n) is 2.18. The van der Waals surface area contributed by atoms with E-state index >= 15 is 0 Å². The molecule has 3 nitrogen and oxygen atoms in total. The summed E-state index contributed by atoms with van der Waals surface area (Å²) in [5.74, 6) is -0.108. The summed E-state index contributed by atoms with van der Waals surface area (Å²) >= 11 is 1.59. The third kappa shape index (κ3) is 5.03. The first-order chi connectivity index (χ1) is 10.8. The van der Waals surface area contributed by atoms with Gasteiger partial charge >= 0.3 is 0 Å². The maximum absolute atomic E-state index is 12.0. The van der Waals surface area contributed by atoms with E-state index in [9.17, 15) is 4.79 Å². The van der Waals surface area contributed by atoms with E-state index in [0.29, 0.717) is 0 Å². The topological polar surface area (TPSA) is 42.0 Å². The van der Waals surface area contributed by atoms with Crippen molar-refractivity contribution in [1.29, 1.82) is 0 Å². The SMILES string of the molecule is Cc1nc(C(C)NC(=O)/C=C/c2ccc(C(C)(C)C)cc2)cs1. The Bertz CT molecular complexity index is 693. The predicted octanol–water partition coefficient (Wildman–Crippen LogP) is 4.64. The van der Waals surface area contributed by atoms with E-state index in [2.05, 4.69) is 43.2 Å². The zero-order chi connectivity index (χ0) is 17.0. The Morgan fingerprint density at radius 2 is 1.91 bits per heavy atom. The zero-order valence-corrected chi connectivity index (χ0v) is 15.2. The molecule has 0 fully saturated rings. The van der Waals surface area contributed by atoms with Crippen LogP contribution in [0.3, 0.4) is 0 Å². The summed E-state index contributed by atoms with van der Waals surface area (Å²) in [6.07, 6.45) is 3.41. The van der Waals surface area contributed by atoms with Crippen LogP contribution in [0.25, 0.3) is 6.08 Å². The summed E-state index contributed by atoms with van der Waals surface area (Å²) in [7, 11) is 0. The number of nitrogens with zero attached hydrogens (tertiary/aromatic N) is 1. The van der Waals surface area contributed by atoms with Gasteiger partial charge in [-0.3, -0.25) is 4.79 Å². The number of rotatable bonds is 4. The normalized spacial score (nSPS) is 13.3. The molecule has 1 N–H and O–H groups in total. The highest BCUT2D eigenvalue weighted by Gasteiger charge is 2.13. The standard InChI is InChI=1S/C19H24N2OS/c1-13(17-12-23-14(2)21-17)20-18(22)11-8-15-6-9-16(10-7-15)19(3,4)5/h6-13H,1-5H3,(H,20,22)/b11-8+. The monoisotopic (exact) mass is 328 g/mol. The molecule has 0 bridgehead atoms. The molecule has 0 aliphatic rings. The van der Waals surface area contributed by atoms with Crippen LogP contribution in [-0.4, -0.2) is 10.9 Å². The van der Waals surface area contributed by atoms with E-state index in [-0.39, 0.29) is 17.4 Å². The Kier molecular flexibility index (Phi) is 5.37. The van der Waals surface area contributed by atoms with Crippen molar-refractivity contribution in [2.45, 2.75) is 46.1 Å². The highest BCUT2D eigenvalue weighted by Crippen LogP contribution is 2.22. The molecule has 1 amide bonds. The molecule has 122 valence electrons. The quantitative estimate of drug-likeness (QED) is 0.831. The average molecular weight is 328 g/mol. The van der Waals surface area contributed by atoms with E-state index < -0.39 is 0 Å². The van der Waals surface area contributed by atoms with Gasteiger partial charge in [-0.25, -0.2) is 4.98 Å². The van der Waals surface area contributed by atoms with Crippen LogP contribution in [0.15, 0.2) is 35.7 Å². The predicted molar refractivity (Wildman–Crippen MR) is 97.6 cm³/mol. The first-order valence-corrected chi connectivity index (χ1v) is 8.65. The summed E-state index contributed by atoms with van der Waals surface area (Å²) in [5, 5.41) is 5.92. The summed E-state index contributed by atoms with van der Waals surface area (Å²) in [4.78, 5) is 16.4. The molecule has 1 atom stereocenters. The van der Waals surface area contributed by atoms with Crippen LogP contribution in [-0.2, 0) is 10.2 Å². The van der Waals surface area contributed by atoms with Gasteiger partial charge in [0.2, 0.25) is 5.91 Å². The fraction of sp³-hybridized carbons (Fsp3) is 0.368. The minimum atomic E-state index is -0.108. The van der Waals surface area contributed by atoms with Crippen LogP contribution in [0.1, 0.15) is 55.6 Å². The van der Waals surface area contributed by atoms with Gasteiger partial charge in [0.1, 0.15) is 0 Å². The fourth-order valence-corrected chi connectivity index (χ4v) is 2.89. The van der Waals surface area contributed by atoms with Crippen LogP contribution < -0.4 is 5.32 Å². The van der Waals surface area contributed by atoms with Gasteiger partial charge in [0.25, 0.3) is 0 Å². The number of carbonyl (C=O) groups excluding carboxylic acids is 1. The number of aryl methyl sites for hydroxylation is 1. The van der Waals surface area contributed by atoms with E-state index in [1.54, 1.807) is 17.4 Å². The molecule has 0 aliphatic carbocycles. The van der Waals surface area contributed by atoms with Crippen molar-refractivity contribution in [2.24, 2.45) is 0 Å². The summed E-state index contributed by atoms with van der Waals surface area (Å²) in [6, 6.07) is 8.21. The maximum atomic E-state index is 12.0. The van der Waals surface area contributed by atoms with Crippen molar-refractivity contribution >= 4 is 23.3 Å². The lowest BCUT2D eigenvalue weighted by atomic mass is 9.87. The van der Waals surface area contributed by atoms with Gasteiger partial charge in [-0.2, -0.15) is 0 Å². The Balaban J connectivity index is 1.95. The van der Waals surface area contributed by atoms with E-state index in [1.165, 1.54) is 5.56 Å². The molecule has 1 aromatic heterocycles. The molecule has 0 aliphatic heterocycles. The molecule has 1 aromatic carbocycles. The smallest absolute Gasteiger partial charge is 0.244 e. The second-order valence-corrected chi connectivity index (χ2v) is 7.79. The Morgan fingerprint density at radius 3 is 2.43 bits per heavy atom. The van der Waals surface area contributed by atoms with Crippen LogP contribution in [0.4, 0.5) is 0 Å². The number of thiazole rings is 1. The minimum absolute atomic E-state index is 0.0830. The molecule has 2 rings (SSSR count). The first-order valence-electron chi connectivity index (χ1n) is 7.77. The van der Waals surface area contributed by atoms with E-state index in [0.717, 1.165) is 16.3 Å². The highest BCUT2D eigenvalue weighted by molar-refractivity contribution is 7.09. The molecule has 0 radical (unpaired) electrons. The van der Waals surface area contributed by atoms with Crippen molar-refractivity contribution in [1.82, 2.24) is 10.3 Å². The van der Waals surface area contributed by atoms with E-state index in [4.69, 9.17) is 0 Å². The van der Waals surface area contributed by atoms with Crippen molar-refractivity contribution in [3.8, 4) is 0 Å². The van der Waals surface area contributed by atoms with Crippen LogP contribution in [0.5, 0.6) is 0 Å². The van der Waals surface area contributed by atoms with Gasteiger partial charge in [0.05, 0.1) is 16.7 Å². The van der Waals surface area contributed by atoms with Crippen LogP contribution in [0.2, 0.25) is 0 Å². The number of carbonyl (C=O) groups is 1. The minimum Gasteiger partial charge on any atom is -0.344 e. The lowest BCUT2D eigenvalue weighted by Gasteiger charge is -2.18. The number of hydrogen-bond donors (Lipinski definition) is 1. The number of hydrogen-bond acceptors (Lipinski definition) is 3. The molecule has 0 spiro atoms. The summed E-state index contributed by atoms with van der Waals surface area (Å²) < 4.78 is 0. The maximum Gasteiger partial charge on any atom is 0.244 e. The molecule has 4 heteroatoms. The Morgan fingerprint density at radius 1 is 1.26 bits per heavy atom. The van der Waals surface area contributed by atoms with Crippen LogP contribution in [0, 0.1) is 6.92 Å². The van der Waals surface area contributed by atoms with Crippen molar-refractivity contribution < 1.29 is 4.79 Å². The highest BCUT2D eigenvalue weighted by atomic mass is 32.1. The third-order valence-electron chi connectivity index (χ3n) is 3.64. The number of aromatic nitrogens is 1. The Hall–Kier alpha value is -1.94. The molecule has 0 saturated heterocycles. The molecule has 23 heavy (non-hydrogen) atoms. The molecule has 2 aromatic rings. The summed E-state index contributed by atoms with van der Waals surface area (Å²) in [6.45, 7) is 10.5. The number of nitrogens with one attached hydrogen (secondary N) is 1. The van der Waals surface area contributed by atoms with Gasteiger partial charge in [0, 0.05) is 11.5 Å². The molecule has 1 unspecified atom stereocenters. The number of benzene rings is 1. The van der Waals surface area contributed by atoms with Gasteiger partial charge < -0.3 is 5.32 Å². The van der Waals surface area contributed by atoms with Gasteiger partial charge in [-0.15, -0.1) is 11.3 Å². The Labute approximate surface area is 142 Å². The third-order valence-corrected chi connectivity index (χ3v) is 4.43. The van der Waals surface area contributed by atoms with Gasteiger partial charge in [-0.1, -0.05) is 45.0 Å². The average Bonchev–Trinajstić information content (AvgIpc) is 2.91. The second-order valence-electron chi connectivity index (χ2n) is 6.73. The zero-order valence-electron chi connectivity index (χ0n) is 14.4. The molecule has 0 saturated carbocycles. The van der Waals surface area contributed by atoms with Crippen LogP contribution >= 0.6 is 11.3 Å². The molecular weight excluding hydrogens is 304 g/mol.